The Morgan fingerprint density at radius 1 is 1.32 bits per heavy atom. The van der Waals surface area contributed by atoms with Crippen LogP contribution in [0.15, 0.2) is 47.3 Å². The first-order valence-corrected chi connectivity index (χ1v) is 9.91. The van der Waals surface area contributed by atoms with E-state index in [9.17, 15) is 4.79 Å². The van der Waals surface area contributed by atoms with Gasteiger partial charge in [-0.25, -0.2) is 10.6 Å². The minimum absolute atomic E-state index is 0.000833. The first-order valence-electron chi connectivity index (χ1n) is 9.16. The summed E-state index contributed by atoms with van der Waals surface area (Å²) in [5, 5.41) is 9.22. The van der Waals surface area contributed by atoms with E-state index in [1.807, 2.05) is 19.1 Å². The average Bonchev–Trinajstić information content (AvgIpc) is 3.46. The quantitative estimate of drug-likeness (QED) is 0.309. The van der Waals surface area contributed by atoms with Gasteiger partial charge in [0.15, 0.2) is 0 Å². The van der Waals surface area contributed by atoms with E-state index < -0.39 is 0 Å². The summed E-state index contributed by atoms with van der Waals surface area (Å²) >= 11 is 12.1. The fourth-order valence-electron chi connectivity index (χ4n) is 3.30. The third kappa shape index (κ3) is 5.28. The van der Waals surface area contributed by atoms with Gasteiger partial charge in [-0.3, -0.25) is 5.01 Å². The Morgan fingerprint density at radius 3 is 2.61 bits per heavy atom. The standard InChI is InChI=1S/C20H24Cl2N4O2/c1-12(14-8-15(21)10-16(22)9-14)25-28-11-18-17(13-6-7-13)4-3-5-19(18)24-20(27)26(2)23/h3-5,8-10,13,17-18H,6-7,11,23H2,1-2H3,(H,24,27)/b25-12-. The molecule has 1 saturated carbocycles. The molecule has 28 heavy (non-hydrogen) atoms. The number of hydrazine groups is 1. The van der Waals surface area contributed by atoms with E-state index in [-0.39, 0.29) is 11.9 Å². The molecule has 3 N–H and O–H groups in total. The maximum Gasteiger partial charge on any atom is 0.335 e. The third-order valence-electron chi connectivity index (χ3n) is 4.95. The summed E-state index contributed by atoms with van der Waals surface area (Å²) < 4.78 is 0. The maximum atomic E-state index is 12.0. The number of oxime groups is 1. The zero-order chi connectivity index (χ0) is 20.3. The molecule has 1 fully saturated rings. The van der Waals surface area contributed by atoms with Crippen LogP contribution in [0.5, 0.6) is 0 Å². The molecule has 2 amide bonds. The van der Waals surface area contributed by atoms with Crippen molar-refractivity contribution in [3.63, 3.8) is 0 Å². The number of allylic oxidation sites excluding steroid dienone is 3. The van der Waals surface area contributed by atoms with Gasteiger partial charge in [0.2, 0.25) is 0 Å². The first-order chi connectivity index (χ1) is 13.3. The van der Waals surface area contributed by atoms with Gasteiger partial charge in [0.1, 0.15) is 6.61 Å². The van der Waals surface area contributed by atoms with E-state index in [0.29, 0.717) is 34.2 Å². The second kappa shape index (κ2) is 8.99. The summed E-state index contributed by atoms with van der Waals surface area (Å²) in [6.07, 6.45) is 8.43. The van der Waals surface area contributed by atoms with Crippen LogP contribution in [0.3, 0.4) is 0 Å². The van der Waals surface area contributed by atoms with Gasteiger partial charge in [-0.2, -0.15) is 0 Å². The smallest absolute Gasteiger partial charge is 0.335 e. The number of rotatable bonds is 6. The van der Waals surface area contributed by atoms with Gasteiger partial charge in [0.05, 0.1) is 5.71 Å². The van der Waals surface area contributed by atoms with Gasteiger partial charge in [-0.1, -0.05) is 40.5 Å². The fraction of sp³-hybridized carbons (Fsp3) is 0.400. The van der Waals surface area contributed by atoms with Gasteiger partial charge in [-0.15, -0.1) is 0 Å². The van der Waals surface area contributed by atoms with Gasteiger partial charge >= 0.3 is 6.03 Å². The summed E-state index contributed by atoms with van der Waals surface area (Å²) in [4.78, 5) is 17.7. The zero-order valence-electron chi connectivity index (χ0n) is 15.9. The predicted octanol–water partition coefficient (Wildman–Crippen LogP) is 4.35. The molecule has 0 radical (unpaired) electrons. The number of nitrogens with one attached hydrogen (secondary N) is 1. The first kappa shape index (κ1) is 20.7. The van der Waals surface area contributed by atoms with Crippen molar-refractivity contribution in [2.24, 2.45) is 28.8 Å². The molecule has 2 aliphatic rings. The number of carbonyl (C=O) groups excluding carboxylic acids is 1. The van der Waals surface area contributed by atoms with Crippen LogP contribution in [0.25, 0.3) is 0 Å². The normalized spacial score (nSPS) is 21.9. The maximum absolute atomic E-state index is 12.0. The van der Waals surface area contributed by atoms with Crippen molar-refractivity contribution in [3.8, 4) is 0 Å². The highest BCUT2D eigenvalue weighted by atomic mass is 35.5. The molecule has 6 nitrogen and oxygen atoms in total. The van der Waals surface area contributed by atoms with Gasteiger partial charge in [0, 0.05) is 34.3 Å². The molecular weight excluding hydrogens is 399 g/mol. The molecule has 0 spiro atoms. The number of nitrogens with two attached hydrogens (primary N) is 1. The van der Waals surface area contributed by atoms with Crippen molar-refractivity contribution in [1.82, 2.24) is 10.3 Å². The molecule has 0 bridgehead atoms. The van der Waals surface area contributed by atoms with Crippen molar-refractivity contribution < 1.29 is 9.63 Å². The molecule has 0 aliphatic heterocycles. The van der Waals surface area contributed by atoms with E-state index in [0.717, 1.165) is 16.3 Å². The van der Waals surface area contributed by atoms with E-state index in [1.165, 1.54) is 19.9 Å². The molecule has 1 aromatic carbocycles. The second-order valence-corrected chi connectivity index (χ2v) is 8.07. The van der Waals surface area contributed by atoms with Crippen LogP contribution in [-0.2, 0) is 4.84 Å². The highest BCUT2D eigenvalue weighted by molar-refractivity contribution is 6.35. The van der Waals surface area contributed by atoms with Crippen LogP contribution < -0.4 is 11.2 Å². The lowest BCUT2D eigenvalue weighted by Gasteiger charge is -2.29. The Hall–Kier alpha value is -2.02. The van der Waals surface area contributed by atoms with Crippen LogP contribution >= 0.6 is 23.2 Å². The van der Waals surface area contributed by atoms with Crippen LogP contribution in [0.1, 0.15) is 25.3 Å². The lowest BCUT2D eigenvalue weighted by Crippen LogP contribution is -2.44. The zero-order valence-corrected chi connectivity index (χ0v) is 17.4. The molecule has 1 aromatic rings. The van der Waals surface area contributed by atoms with E-state index >= 15 is 0 Å². The minimum atomic E-state index is -0.366. The Balaban J connectivity index is 1.70. The third-order valence-corrected chi connectivity index (χ3v) is 5.38. The Bertz CT molecular complexity index is 811. The molecule has 150 valence electrons. The molecule has 0 saturated heterocycles. The molecule has 2 unspecified atom stereocenters. The van der Waals surface area contributed by atoms with Crippen LogP contribution in [0, 0.1) is 17.8 Å². The number of urea groups is 1. The largest absolute Gasteiger partial charge is 0.395 e. The number of hydrogen-bond donors (Lipinski definition) is 2. The lowest BCUT2D eigenvalue weighted by atomic mass is 9.83. The lowest BCUT2D eigenvalue weighted by molar-refractivity contribution is 0.0972. The Kier molecular flexibility index (Phi) is 6.65. The Morgan fingerprint density at radius 2 is 2.00 bits per heavy atom. The fourth-order valence-corrected chi connectivity index (χ4v) is 3.82. The molecule has 2 atom stereocenters. The highest BCUT2D eigenvalue weighted by Crippen LogP contribution is 2.44. The number of carbonyl (C=O) groups is 1. The molecule has 8 heteroatoms. The molecular formula is C20H24Cl2N4O2. The van der Waals surface area contributed by atoms with Gasteiger partial charge in [-0.05, 0) is 55.9 Å². The molecule has 0 aromatic heterocycles. The summed E-state index contributed by atoms with van der Waals surface area (Å²) in [7, 11) is 1.50. The molecule has 3 rings (SSSR count). The van der Waals surface area contributed by atoms with Crippen LogP contribution in [0.4, 0.5) is 4.79 Å². The number of amides is 2. The van der Waals surface area contributed by atoms with Crippen molar-refractivity contribution in [2.75, 3.05) is 13.7 Å². The molecule has 0 heterocycles. The van der Waals surface area contributed by atoms with Gasteiger partial charge < -0.3 is 10.2 Å². The highest BCUT2D eigenvalue weighted by Gasteiger charge is 2.38. The summed E-state index contributed by atoms with van der Waals surface area (Å²) in [5.41, 5.74) is 2.27. The average molecular weight is 423 g/mol. The van der Waals surface area contributed by atoms with Crippen LogP contribution in [0.2, 0.25) is 10.0 Å². The van der Waals surface area contributed by atoms with Crippen molar-refractivity contribution in [2.45, 2.75) is 19.8 Å². The Labute approximate surface area is 175 Å². The van der Waals surface area contributed by atoms with Crippen molar-refractivity contribution >= 4 is 34.9 Å². The second-order valence-electron chi connectivity index (χ2n) is 7.20. The van der Waals surface area contributed by atoms with Crippen molar-refractivity contribution in [3.05, 3.63) is 57.7 Å². The van der Waals surface area contributed by atoms with Crippen molar-refractivity contribution in [1.29, 1.82) is 0 Å². The SMILES string of the molecule is C/C(=N/OCC1C(NC(=O)N(C)N)=CC=CC1C1CC1)c1cc(Cl)cc(Cl)c1. The number of benzene rings is 1. The monoisotopic (exact) mass is 422 g/mol. The minimum Gasteiger partial charge on any atom is -0.395 e. The number of nitrogens with zero attached hydrogens (tertiary/aromatic N) is 2. The van der Waals surface area contributed by atoms with E-state index in [4.69, 9.17) is 33.9 Å². The predicted molar refractivity (Wildman–Crippen MR) is 112 cm³/mol. The molecule has 2 aliphatic carbocycles. The van der Waals surface area contributed by atoms with E-state index in [2.05, 4.69) is 16.5 Å². The van der Waals surface area contributed by atoms with Crippen LogP contribution in [-0.4, -0.2) is 30.4 Å². The summed E-state index contributed by atoms with van der Waals surface area (Å²) in [5.74, 6) is 6.45. The number of halogens is 2. The van der Waals surface area contributed by atoms with E-state index in [1.54, 1.807) is 18.2 Å². The summed E-state index contributed by atoms with van der Waals surface area (Å²) in [6, 6.07) is 4.88. The van der Waals surface area contributed by atoms with Gasteiger partial charge in [0.25, 0.3) is 0 Å². The summed E-state index contributed by atoms with van der Waals surface area (Å²) in [6.45, 7) is 2.18. The topological polar surface area (TPSA) is 80.0 Å². The number of hydrogen-bond acceptors (Lipinski definition) is 4.